The molecule has 0 aliphatic rings. The maximum absolute atomic E-state index is 9.59. The van der Waals surface area contributed by atoms with Crippen molar-refractivity contribution < 1.29 is 9.84 Å². The molecule has 4 N–H and O–H groups in total. The number of halogens is 1. The van der Waals surface area contributed by atoms with Crippen molar-refractivity contribution in [1.29, 1.82) is 0 Å². The van der Waals surface area contributed by atoms with Gasteiger partial charge in [-0.05, 0) is 31.0 Å². The van der Waals surface area contributed by atoms with E-state index in [9.17, 15) is 5.11 Å². The minimum Gasteiger partial charge on any atom is -0.504 e. The number of rotatable bonds is 7. The van der Waals surface area contributed by atoms with Crippen LogP contribution in [0, 0.1) is 0 Å². The zero-order valence-corrected chi connectivity index (χ0v) is 14.4. The maximum Gasteiger partial charge on any atom is 0.188 e. The zero-order valence-electron chi connectivity index (χ0n) is 12.1. The first kappa shape index (κ1) is 18.8. The van der Waals surface area contributed by atoms with Crippen LogP contribution in [0.15, 0.2) is 23.2 Å². The second-order valence-corrected chi connectivity index (χ2v) is 4.22. The first-order chi connectivity index (χ1) is 9.17. The molecule has 0 fully saturated rings. The fraction of sp³-hybridized carbons (Fsp3) is 0.500. The average molecular weight is 393 g/mol. The Morgan fingerprint density at radius 1 is 1.40 bits per heavy atom. The minimum absolute atomic E-state index is 0. The van der Waals surface area contributed by atoms with Crippen molar-refractivity contribution in [3.8, 4) is 11.5 Å². The lowest BCUT2D eigenvalue weighted by molar-refractivity contribution is 0.318. The van der Waals surface area contributed by atoms with Gasteiger partial charge >= 0.3 is 0 Å². The normalized spacial score (nSPS) is 10.8. The molecule has 20 heavy (non-hydrogen) atoms. The molecule has 0 bridgehead atoms. The van der Waals surface area contributed by atoms with Crippen LogP contribution in [-0.4, -0.2) is 24.2 Å². The summed E-state index contributed by atoms with van der Waals surface area (Å²) in [5, 5.41) is 12.6. The van der Waals surface area contributed by atoms with E-state index in [1.54, 1.807) is 18.2 Å². The third-order valence-corrected chi connectivity index (χ3v) is 2.59. The molecule has 0 saturated heterocycles. The van der Waals surface area contributed by atoms with Crippen molar-refractivity contribution in [3.63, 3.8) is 0 Å². The van der Waals surface area contributed by atoms with Crippen molar-refractivity contribution in [3.05, 3.63) is 23.8 Å². The Morgan fingerprint density at radius 2 is 2.15 bits per heavy atom. The third-order valence-electron chi connectivity index (χ3n) is 2.59. The highest BCUT2D eigenvalue weighted by Gasteiger charge is 2.03. The molecule has 1 rings (SSSR count). The van der Waals surface area contributed by atoms with Gasteiger partial charge in [0.1, 0.15) is 0 Å². The summed E-state index contributed by atoms with van der Waals surface area (Å²) in [4.78, 5) is 4.24. The van der Waals surface area contributed by atoms with E-state index >= 15 is 0 Å². The highest BCUT2D eigenvalue weighted by Crippen LogP contribution is 2.26. The molecule has 0 radical (unpaired) electrons. The van der Waals surface area contributed by atoms with Crippen LogP contribution >= 0.6 is 24.0 Å². The van der Waals surface area contributed by atoms with Crippen LogP contribution in [0.3, 0.4) is 0 Å². The molecule has 0 aliphatic heterocycles. The molecule has 1 aromatic carbocycles. The van der Waals surface area contributed by atoms with Crippen molar-refractivity contribution >= 4 is 29.9 Å². The van der Waals surface area contributed by atoms with Gasteiger partial charge in [0.15, 0.2) is 17.5 Å². The van der Waals surface area contributed by atoms with Crippen LogP contribution in [-0.2, 0) is 6.54 Å². The summed E-state index contributed by atoms with van der Waals surface area (Å²) in [5.41, 5.74) is 6.69. The monoisotopic (exact) mass is 393 g/mol. The summed E-state index contributed by atoms with van der Waals surface area (Å²) >= 11 is 0. The first-order valence-electron chi connectivity index (χ1n) is 6.65. The van der Waals surface area contributed by atoms with Gasteiger partial charge in [0.2, 0.25) is 0 Å². The van der Waals surface area contributed by atoms with Crippen LogP contribution in [0.1, 0.15) is 32.3 Å². The van der Waals surface area contributed by atoms with E-state index in [2.05, 4.69) is 17.2 Å². The highest BCUT2D eigenvalue weighted by molar-refractivity contribution is 14.0. The van der Waals surface area contributed by atoms with Gasteiger partial charge in [-0.2, -0.15) is 0 Å². The lowest BCUT2D eigenvalue weighted by Gasteiger charge is -2.08. The predicted octanol–water partition coefficient (Wildman–Crippen LogP) is 2.61. The molecule has 0 amide bonds. The predicted molar refractivity (Wildman–Crippen MR) is 92.9 cm³/mol. The molecular formula is C14H24IN3O2. The third kappa shape index (κ3) is 6.83. The average Bonchev–Trinajstić information content (AvgIpc) is 2.40. The quantitative estimate of drug-likeness (QED) is 0.288. The number of phenolic OH excluding ortho intramolecular Hbond substituents is 1. The Labute approximate surface area is 137 Å². The fourth-order valence-corrected chi connectivity index (χ4v) is 1.55. The molecule has 0 atom stereocenters. The van der Waals surface area contributed by atoms with Crippen LogP contribution < -0.4 is 15.8 Å². The standard InChI is InChI=1S/C14H23N3O2.HI/c1-3-5-8-16-14(15)17-10-11-6-7-12(18)13(9-11)19-4-2;/h6-7,9,18H,3-5,8,10H2,1-2H3,(H3,15,16,17);1H. The number of ether oxygens (including phenoxy) is 1. The van der Waals surface area contributed by atoms with E-state index < -0.39 is 0 Å². The van der Waals surface area contributed by atoms with Crippen molar-refractivity contribution in [2.24, 2.45) is 10.7 Å². The summed E-state index contributed by atoms with van der Waals surface area (Å²) in [7, 11) is 0. The number of nitrogens with two attached hydrogens (primary N) is 1. The molecule has 5 nitrogen and oxygen atoms in total. The molecule has 0 saturated carbocycles. The van der Waals surface area contributed by atoms with Crippen molar-refractivity contribution in [1.82, 2.24) is 5.32 Å². The number of nitrogens with one attached hydrogen (secondary N) is 1. The molecule has 0 unspecified atom stereocenters. The van der Waals surface area contributed by atoms with Gasteiger partial charge in [0.05, 0.1) is 13.2 Å². The minimum atomic E-state index is 0. The van der Waals surface area contributed by atoms with E-state index in [-0.39, 0.29) is 29.7 Å². The Balaban J connectivity index is 0.00000361. The second-order valence-electron chi connectivity index (χ2n) is 4.22. The molecule has 0 aromatic heterocycles. The Kier molecular flexibility index (Phi) is 9.96. The SMILES string of the molecule is CCCCNC(N)=NCc1ccc(O)c(OCC)c1.I. The molecule has 114 valence electrons. The number of aromatic hydroxyl groups is 1. The molecule has 6 heteroatoms. The van der Waals surface area contributed by atoms with Gasteiger partial charge in [0, 0.05) is 6.54 Å². The lowest BCUT2D eigenvalue weighted by Crippen LogP contribution is -2.32. The lowest BCUT2D eigenvalue weighted by atomic mass is 10.2. The smallest absolute Gasteiger partial charge is 0.188 e. The zero-order chi connectivity index (χ0) is 14.1. The van der Waals surface area contributed by atoms with Gasteiger partial charge in [-0.3, -0.25) is 0 Å². The largest absolute Gasteiger partial charge is 0.504 e. The van der Waals surface area contributed by atoms with Gasteiger partial charge in [-0.25, -0.2) is 4.99 Å². The Bertz CT molecular complexity index is 425. The van der Waals surface area contributed by atoms with E-state index in [1.807, 2.05) is 6.92 Å². The van der Waals surface area contributed by atoms with Crippen molar-refractivity contribution in [2.45, 2.75) is 33.2 Å². The summed E-state index contributed by atoms with van der Waals surface area (Å²) in [5.74, 6) is 1.07. The Morgan fingerprint density at radius 3 is 2.80 bits per heavy atom. The second kappa shape index (κ2) is 10.6. The van der Waals surface area contributed by atoms with Crippen molar-refractivity contribution in [2.75, 3.05) is 13.2 Å². The van der Waals surface area contributed by atoms with Crippen LogP contribution in [0.4, 0.5) is 0 Å². The number of guanidine groups is 1. The number of benzene rings is 1. The summed E-state index contributed by atoms with van der Waals surface area (Å²) < 4.78 is 5.32. The summed E-state index contributed by atoms with van der Waals surface area (Å²) in [6.45, 7) is 5.82. The van der Waals surface area contributed by atoms with Crippen LogP contribution in [0.5, 0.6) is 11.5 Å². The van der Waals surface area contributed by atoms with Gasteiger partial charge in [-0.15, -0.1) is 24.0 Å². The molecule has 0 heterocycles. The van der Waals surface area contributed by atoms with E-state index in [4.69, 9.17) is 10.5 Å². The molecule has 0 spiro atoms. The van der Waals surface area contributed by atoms with Crippen LogP contribution in [0.25, 0.3) is 0 Å². The molecule has 1 aromatic rings. The fourth-order valence-electron chi connectivity index (χ4n) is 1.55. The van der Waals surface area contributed by atoms with Gasteiger partial charge in [-0.1, -0.05) is 19.4 Å². The van der Waals surface area contributed by atoms with Gasteiger partial charge < -0.3 is 20.9 Å². The van der Waals surface area contributed by atoms with E-state index in [0.29, 0.717) is 24.9 Å². The molecular weight excluding hydrogens is 369 g/mol. The number of aliphatic imine (C=N–C) groups is 1. The number of phenols is 1. The molecule has 0 aliphatic carbocycles. The number of hydrogen-bond acceptors (Lipinski definition) is 3. The Hall–Kier alpha value is -1.18. The highest BCUT2D eigenvalue weighted by atomic mass is 127. The summed E-state index contributed by atoms with van der Waals surface area (Å²) in [6.07, 6.45) is 2.19. The number of unbranched alkanes of at least 4 members (excludes halogenated alkanes) is 1. The van der Waals surface area contributed by atoms with E-state index in [0.717, 1.165) is 24.9 Å². The number of nitrogens with zero attached hydrogens (tertiary/aromatic N) is 1. The topological polar surface area (TPSA) is 79.9 Å². The van der Waals surface area contributed by atoms with Gasteiger partial charge in [0.25, 0.3) is 0 Å². The number of hydrogen-bond donors (Lipinski definition) is 3. The first-order valence-corrected chi connectivity index (χ1v) is 6.65. The maximum atomic E-state index is 9.59. The van der Waals surface area contributed by atoms with Crippen LogP contribution in [0.2, 0.25) is 0 Å². The summed E-state index contributed by atoms with van der Waals surface area (Å²) in [6, 6.07) is 5.19. The van der Waals surface area contributed by atoms with E-state index in [1.165, 1.54) is 0 Å².